The highest BCUT2D eigenvalue weighted by Crippen LogP contribution is 2.69. The maximum Gasteiger partial charge on any atom is 0.317 e. The molecule has 0 radical (unpaired) electrons. The van der Waals surface area contributed by atoms with Gasteiger partial charge in [-0.2, -0.15) is 0 Å². The Kier molecular flexibility index (Phi) is 5.74. The fraction of sp³-hybridized carbons (Fsp3) is 0.136. The van der Waals surface area contributed by atoms with Crippen LogP contribution in [0.15, 0.2) is 99.6 Å². The van der Waals surface area contributed by atoms with E-state index >= 15 is 0 Å². The highest BCUT2D eigenvalue weighted by Gasteiger charge is 2.35. The molecule has 0 bridgehead atoms. The second-order valence-electron chi connectivity index (χ2n) is 5.84. The van der Waals surface area contributed by atoms with Gasteiger partial charge >= 0.3 is 5.97 Å². The second kappa shape index (κ2) is 8.19. The maximum atomic E-state index is 13.6. The highest BCUT2D eigenvalue weighted by molar-refractivity contribution is 8.30. The molecule has 0 saturated heterocycles. The summed E-state index contributed by atoms with van der Waals surface area (Å²) in [6.07, 6.45) is 1.05. The molecule has 3 aromatic rings. The normalized spacial score (nSPS) is 11.8. The summed E-state index contributed by atoms with van der Waals surface area (Å²) in [4.78, 5) is 15.2. The van der Waals surface area contributed by atoms with Gasteiger partial charge in [-0.15, -0.1) is 0 Å². The molecule has 134 valence electrons. The molecule has 0 amide bonds. The Hall–Kier alpha value is -2.59. The standard InChI is InChI=1S/C22H21FO2S/c1-2-9-22(24)25-26(19-10-5-3-6-11-19,20-12-7-4-8-13-20)21-16-14-18(23)15-17-21/h3-8,10-17H,2,9H2,1H3. The van der Waals surface area contributed by atoms with E-state index in [0.29, 0.717) is 12.8 Å². The summed E-state index contributed by atoms with van der Waals surface area (Å²) < 4.78 is 19.8. The van der Waals surface area contributed by atoms with Crippen molar-refractivity contribution < 1.29 is 13.4 Å². The van der Waals surface area contributed by atoms with Crippen molar-refractivity contribution in [1.29, 1.82) is 0 Å². The van der Waals surface area contributed by atoms with Gasteiger partial charge in [0.15, 0.2) is 0 Å². The number of halogens is 1. The molecule has 26 heavy (non-hydrogen) atoms. The number of hydrogen-bond donors (Lipinski definition) is 0. The van der Waals surface area contributed by atoms with Crippen LogP contribution < -0.4 is 0 Å². The smallest absolute Gasteiger partial charge is 0.317 e. The molecule has 3 aromatic carbocycles. The van der Waals surface area contributed by atoms with E-state index in [2.05, 4.69) is 0 Å². The van der Waals surface area contributed by atoms with Crippen LogP contribution >= 0.6 is 10.3 Å². The van der Waals surface area contributed by atoms with Crippen molar-refractivity contribution in [3.63, 3.8) is 0 Å². The zero-order chi connectivity index (χ0) is 18.4. The Balaban J connectivity index is 2.26. The van der Waals surface area contributed by atoms with Gasteiger partial charge in [-0.3, -0.25) is 4.79 Å². The molecular weight excluding hydrogens is 347 g/mol. The molecule has 2 nitrogen and oxygen atoms in total. The average molecular weight is 368 g/mol. The van der Waals surface area contributed by atoms with Gasteiger partial charge in [0.2, 0.25) is 0 Å². The Morgan fingerprint density at radius 1 is 0.808 bits per heavy atom. The average Bonchev–Trinajstić information content (AvgIpc) is 2.68. The number of benzene rings is 3. The van der Waals surface area contributed by atoms with E-state index in [9.17, 15) is 9.18 Å². The van der Waals surface area contributed by atoms with Crippen LogP contribution in [0.3, 0.4) is 0 Å². The topological polar surface area (TPSA) is 26.3 Å². The molecule has 0 spiro atoms. The van der Waals surface area contributed by atoms with Gasteiger partial charge in [-0.25, -0.2) is 4.39 Å². The van der Waals surface area contributed by atoms with E-state index in [1.807, 2.05) is 67.6 Å². The first kappa shape index (κ1) is 18.2. The molecule has 0 unspecified atom stereocenters. The Bertz CT molecular complexity index is 809. The van der Waals surface area contributed by atoms with Gasteiger partial charge in [0.05, 0.1) is 0 Å². The van der Waals surface area contributed by atoms with Crippen molar-refractivity contribution in [2.75, 3.05) is 0 Å². The van der Waals surface area contributed by atoms with Gasteiger partial charge < -0.3 is 4.18 Å². The fourth-order valence-electron chi connectivity index (χ4n) is 2.79. The van der Waals surface area contributed by atoms with E-state index in [0.717, 1.165) is 14.7 Å². The Morgan fingerprint density at radius 3 is 1.73 bits per heavy atom. The van der Waals surface area contributed by atoms with Gasteiger partial charge in [-0.05, 0) is 65.3 Å². The fourth-order valence-corrected chi connectivity index (χ4v) is 5.86. The Morgan fingerprint density at radius 2 is 1.27 bits per heavy atom. The largest absolute Gasteiger partial charge is 0.402 e. The van der Waals surface area contributed by atoms with Crippen LogP contribution in [0, 0.1) is 5.82 Å². The predicted octanol–water partition coefficient (Wildman–Crippen LogP) is 6.37. The zero-order valence-electron chi connectivity index (χ0n) is 14.6. The van der Waals surface area contributed by atoms with Crippen LogP contribution in [0.5, 0.6) is 0 Å². The third-order valence-electron chi connectivity index (χ3n) is 3.97. The summed E-state index contributed by atoms with van der Waals surface area (Å²) in [5.74, 6) is -0.567. The minimum Gasteiger partial charge on any atom is -0.402 e. The molecule has 0 aliphatic heterocycles. The summed E-state index contributed by atoms with van der Waals surface area (Å²) >= 11 is 0. The lowest BCUT2D eigenvalue weighted by Gasteiger charge is -2.39. The third kappa shape index (κ3) is 3.65. The van der Waals surface area contributed by atoms with Gasteiger partial charge in [0.25, 0.3) is 0 Å². The van der Waals surface area contributed by atoms with Crippen LogP contribution in [0.25, 0.3) is 0 Å². The van der Waals surface area contributed by atoms with Crippen molar-refractivity contribution in [2.24, 2.45) is 0 Å². The van der Waals surface area contributed by atoms with Crippen LogP contribution in [-0.2, 0) is 8.98 Å². The third-order valence-corrected chi connectivity index (χ3v) is 7.21. The molecule has 0 aliphatic rings. The number of hydrogen-bond acceptors (Lipinski definition) is 2. The van der Waals surface area contributed by atoms with Crippen LogP contribution in [0.1, 0.15) is 19.8 Å². The van der Waals surface area contributed by atoms with E-state index in [4.69, 9.17) is 4.18 Å². The van der Waals surface area contributed by atoms with Crippen molar-refractivity contribution in [2.45, 2.75) is 34.5 Å². The summed E-state index contributed by atoms with van der Waals surface area (Å²) in [5.41, 5.74) is 0. The number of rotatable bonds is 6. The monoisotopic (exact) mass is 368 g/mol. The first-order chi connectivity index (χ1) is 12.7. The lowest BCUT2D eigenvalue weighted by Crippen LogP contribution is -2.13. The van der Waals surface area contributed by atoms with Crippen molar-refractivity contribution >= 4 is 16.3 Å². The first-order valence-electron chi connectivity index (χ1n) is 8.58. The second-order valence-corrected chi connectivity index (χ2v) is 8.53. The summed E-state index contributed by atoms with van der Waals surface area (Å²) in [5, 5.41) is 0. The minimum atomic E-state index is -2.29. The van der Waals surface area contributed by atoms with E-state index in [1.54, 1.807) is 12.1 Å². The molecule has 0 fully saturated rings. The molecule has 3 rings (SSSR count). The predicted molar refractivity (Wildman–Crippen MR) is 103 cm³/mol. The van der Waals surface area contributed by atoms with Gasteiger partial charge in [0.1, 0.15) is 5.82 Å². The molecule has 4 heteroatoms. The molecule has 0 aromatic heterocycles. The number of carbonyl (C=O) groups excluding carboxylic acids is 1. The molecular formula is C22H21FO2S. The van der Waals surface area contributed by atoms with Crippen LogP contribution in [0.4, 0.5) is 4.39 Å². The highest BCUT2D eigenvalue weighted by atomic mass is 32.3. The van der Waals surface area contributed by atoms with Crippen molar-refractivity contribution in [3.05, 3.63) is 90.7 Å². The van der Waals surface area contributed by atoms with Crippen molar-refractivity contribution in [1.82, 2.24) is 0 Å². The first-order valence-corrected chi connectivity index (χ1v) is 10.1. The Labute approximate surface area is 155 Å². The summed E-state index contributed by atoms with van der Waals surface area (Å²) in [7, 11) is -2.29. The number of carbonyl (C=O) groups is 1. The molecule has 0 aliphatic carbocycles. The maximum absolute atomic E-state index is 13.6. The SMILES string of the molecule is CCCC(=O)OS(c1ccccc1)(c1ccccc1)c1ccc(F)cc1. The van der Waals surface area contributed by atoms with Gasteiger partial charge in [-0.1, -0.05) is 43.3 Å². The van der Waals surface area contributed by atoms with E-state index < -0.39 is 10.3 Å². The van der Waals surface area contributed by atoms with Gasteiger partial charge in [0, 0.05) is 21.1 Å². The molecule has 0 N–H and O–H groups in total. The zero-order valence-corrected chi connectivity index (χ0v) is 15.4. The lowest BCUT2D eigenvalue weighted by molar-refractivity contribution is -0.133. The molecule has 0 atom stereocenters. The molecule has 0 saturated carbocycles. The summed E-state index contributed by atoms with van der Waals surface area (Å²) in [6, 6.07) is 25.7. The quantitative estimate of drug-likeness (QED) is 0.505. The minimum absolute atomic E-state index is 0.250. The van der Waals surface area contributed by atoms with Crippen molar-refractivity contribution in [3.8, 4) is 0 Å². The van der Waals surface area contributed by atoms with E-state index in [-0.39, 0.29) is 11.8 Å². The van der Waals surface area contributed by atoms with E-state index in [1.165, 1.54) is 12.1 Å². The van der Waals surface area contributed by atoms with Crippen LogP contribution in [0.2, 0.25) is 0 Å². The summed E-state index contributed by atoms with van der Waals surface area (Å²) in [6.45, 7) is 1.95. The molecule has 0 heterocycles. The lowest BCUT2D eigenvalue weighted by atomic mass is 10.3. The van der Waals surface area contributed by atoms with Crippen LogP contribution in [-0.4, -0.2) is 5.97 Å².